The molecule has 24 heavy (non-hydrogen) atoms. The summed E-state index contributed by atoms with van der Waals surface area (Å²) in [4.78, 5) is 18.1. The highest BCUT2D eigenvalue weighted by molar-refractivity contribution is 5.75. The largest absolute Gasteiger partial charge is 0.341 e. The van der Waals surface area contributed by atoms with Crippen molar-refractivity contribution in [3.8, 4) is 11.3 Å². The van der Waals surface area contributed by atoms with Crippen LogP contribution in [-0.4, -0.2) is 44.9 Å². The number of nitrogens with zero attached hydrogens (tertiary/aromatic N) is 4. The van der Waals surface area contributed by atoms with Gasteiger partial charge >= 0.3 is 6.03 Å². The van der Waals surface area contributed by atoms with Gasteiger partial charge in [-0.05, 0) is 45.7 Å². The zero-order valence-corrected chi connectivity index (χ0v) is 14.3. The third kappa shape index (κ3) is 3.72. The first kappa shape index (κ1) is 16.4. The molecule has 1 saturated heterocycles. The zero-order chi connectivity index (χ0) is 17.2. The number of likely N-dealkylation sites (tertiary alicyclic amines) is 1. The molecule has 2 aromatic rings. The van der Waals surface area contributed by atoms with Crippen LogP contribution in [0, 0.1) is 0 Å². The van der Waals surface area contributed by atoms with Gasteiger partial charge < -0.3 is 14.7 Å². The van der Waals surface area contributed by atoms with Crippen molar-refractivity contribution >= 4 is 6.03 Å². The van der Waals surface area contributed by atoms with E-state index >= 15 is 0 Å². The number of rotatable bonds is 2. The van der Waals surface area contributed by atoms with Crippen LogP contribution < -0.4 is 5.32 Å². The number of hydrogen-bond donors (Lipinski definition) is 1. The molecular formula is C17H23N5O2. The fourth-order valence-corrected chi connectivity index (χ4v) is 2.92. The molecule has 0 unspecified atom stereocenters. The van der Waals surface area contributed by atoms with Crippen molar-refractivity contribution in [1.29, 1.82) is 0 Å². The first-order valence-electron chi connectivity index (χ1n) is 8.24. The number of nitrogens with one attached hydrogen (secondary N) is 1. The van der Waals surface area contributed by atoms with Gasteiger partial charge in [0.2, 0.25) is 0 Å². The van der Waals surface area contributed by atoms with Gasteiger partial charge in [-0.2, -0.15) is 0 Å². The Morgan fingerprint density at radius 1 is 1.25 bits per heavy atom. The van der Waals surface area contributed by atoms with Crippen molar-refractivity contribution in [2.24, 2.45) is 0 Å². The lowest BCUT2D eigenvalue weighted by atomic mass is 9.92. The summed E-state index contributed by atoms with van der Waals surface area (Å²) in [6, 6.07) is 3.79. The summed E-state index contributed by atoms with van der Waals surface area (Å²) < 4.78 is 5.43. The molecule has 1 aliphatic rings. The average molecular weight is 329 g/mol. The van der Waals surface area contributed by atoms with Crippen molar-refractivity contribution in [2.75, 3.05) is 13.1 Å². The highest BCUT2D eigenvalue weighted by atomic mass is 16.5. The Balaban J connectivity index is 1.66. The number of piperidine rings is 1. The summed E-state index contributed by atoms with van der Waals surface area (Å²) >= 11 is 0. The van der Waals surface area contributed by atoms with Crippen LogP contribution in [-0.2, 0) is 0 Å². The lowest BCUT2D eigenvalue weighted by Gasteiger charge is -2.33. The van der Waals surface area contributed by atoms with Gasteiger partial charge in [-0.1, -0.05) is 0 Å². The summed E-state index contributed by atoms with van der Waals surface area (Å²) in [6.45, 7) is 7.35. The molecule has 3 rings (SSSR count). The molecular weight excluding hydrogens is 306 g/mol. The van der Waals surface area contributed by atoms with Crippen LogP contribution in [0.1, 0.15) is 45.3 Å². The molecule has 3 heterocycles. The highest BCUT2D eigenvalue weighted by Gasteiger charge is 2.30. The molecule has 1 aliphatic heterocycles. The van der Waals surface area contributed by atoms with Crippen molar-refractivity contribution < 1.29 is 9.32 Å². The quantitative estimate of drug-likeness (QED) is 0.916. The third-order valence-electron chi connectivity index (χ3n) is 4.10. The van der Waals surface area contributed by atoms with Crippen LogP contribution in [0.5, 0.6) is 0 Å². The van der Waals surface area contributed by atoms with E-state index in [2.05, 4.69) is 20.7 Å². The molecule has 0 bridgehead atoms. The lowest BCUT2D eigenvalue weighted by Crippen LogP contribution is -2.50. The number of carbonyl (C=O) groups is 1. The first-order chi connectivity index (χ1) is 11.4. The number of aromatic nitrogens is 3. The Labute approximate surface area is 141 Å². The molecule has 0 atom stereocenters. The van der Waals surface area contributed by atoms with Crippen LogP contribution >= 0.6 is 0 Å². The van der Waals surface area contributed by atoms with E-state index in [0.717, 1.165) is 29.9 Å². The van der Waals surface area contributed by atoms with Gasteiger partial charge in [-0.15, -0.1) is 5.10 Å². The van der Waals surface area contributed by atoms with E-state index in [9.17, 15) is 4.79 Å². The first-order valence-corrected chi connectivity index (χ1v) is 8.24. The van der Waals surface area contributed by atoms with Crippen molar-refractivity contribution in [1.82, 2.24) is 25.6 Å². The summed E-state index contributed by atoms with van der Waals surface area (Å²) in [5.41, 5.74) is 1.50. The van der Waals surface area contributed by atoms with E-state index in [1.807, 2.05) is 37.8 Å². The smallest absolute Gasteiger partial charge is 0.317 e. The molecule has 1 N–H and O–H groups in total. The van der Waals surface area contributed by atoms with Crippen molar-refractivity contribution in [2.45, 2.75) is 45.1 Å². The van der Waals surface area contributed by atoms with Gasteiger partial charge in [0.25, 0.3) is 0 Å². The van der Waals surface area contributed by atoms with Crippen LogP contribution in [0.3, 0.4) is 0 Å². The summed E-state index contributed by atoms with van der Waals surface area (Å²) in [6.07, 6.45) is 5.14. The summed E-state index contributed by atoms with van der Waals surface area (Å²) in [5, 5.41) is 10.9. The van der Waals surface area contributed by atoms with E-state index in [1.54, 1.807) is 12.4 Å². The van der Waals surface area contributed by atoms with E-state index in [-0.39, 0.29) is 17.5 Å². The Kier molecular flexibility index (Phi) is 4.51. The molecule has 0 aromatic carbocycles. The average Bonchev–Trinajstić information content (AvgIpc) is 3.04. The summed E-state index contributed by atoms with van der Waals surface area (Å²) in [7, 11) is 0. The minimum Gasteiger partial charge on any atom is -0.341 e. The Morgan fingerprint density at radius 2 is 1.92 bits per heavy atom. The molecule has 0 saturated carbocycles. The van der Waals surface area contributed by atoms with E-state index in [1.165, 1.54) is 0 Å². The standard InChI is InChI=1S/C17H23N5O2/c1-17(2,3)19-16(23)22-10-6-13(7-11-22)15-14(20-21-24-15)12-4-8-18-9-5-12/h4-5,8-9,13H,6-7,10-11H2,1-3H3,(H,19,23). The Morgan fingerprint density at radius 3 is 2.54 bits per heavy atom. The maximum atomic E-state index is 12.3. The fraction of sp³-hybridized carbons (Fsp3) is 0.529. The van der Waals surface area contributed by atoms with Gasteiger partial charge in [0, 0.05) is 47.8 Å². The molecule has 128 valence electrons. The predicted octanol–water partition coefficient (Wildman–Crippen LogP) is 2.82. The molecule has 0 aliphatic carbocycles. The van der Waals surface area contributed by atoms with Crippen molar-refractivity contribution in [3.63, 3.8) is 0 Å². The molecule has 0 spiro atoms. The maximum Gasteiger partial charge on any atom is 0.317 e. The van der Waals surface area contributed by atoms with Crippen LogP contribution in [0.2, 0.25) is 0 Å². The van der Waals surface area contributed by atoms with E-state index < -0.39 is 0 Å². The summed E-state index contributed by atoms with van der Waals surface area (Å²) in [5.74, 6) is 1.03. The van der Waals surface area contributed by atoms with Crippen LogP contribution in [0.25, 0.3) is 11.3 Å². The van der Waals surface area contributed by atoms with Gasteiger partial charge in [0.05, 0.1) is 0 Å². The Bertz CT molecular complexity index is 685. The predicted molar refractivity (Wildman–Crippen MR) is 89.4 cm³/mol. The molecule has 2 aromatic heterocycles. The van der Waals surface area contributed by atoms with Crippen LogP contribution in [0.4, 0.5) is 4.79 Å². The maximum absolute atomic E-state index is 12.3. The second-order valence-corrected chi connectivity index (χ2v) is 7.16. The number of hydrogen-bond acceptors (Lipinski definition) is 5. The normalized spacial score (nSPS) is 16.2. The van der Waals surface area contributed by atoms with Crippen LogP contribution in [0.15, 0.2) is 29.0 Å². The SMILES string of the molecule is CC(C)(C)NC(=O)N1CCC(c2onnc2-c2ccncc2)CC1. The highest BCUT2D eigenvalue weighted by Crippen LogP contribution is 2.33. The van der Waals surface area contributed by atoms with Gasteiger partial charge in [0.15, 0.2) is 5.76 Å². The number of pyridine rings is 1. The third-order valence-corrected chi connectivity index (χ3v) is 4.10. The Hall–Kier alpha value is -2.44. The minimum atomic E-state index is -0.225. The monoisotopic (exact) mass is 329 g/mol. The van der Waals surface area contributed by atoms with E-state index in [4.69, 9.17) is 4.52 Å². The second kappa shape index (κ2) is 6.59. The molecule has 7 heteroatoms. The second-order valence-electron chi connectivity index (χ2n) is 7.16. The van der Waals surface area contributed by atoms with Gasteiger partial charge in [-0.3, -0.25) is 4.98 Å². The minimum absolute atomic E-state index is 0.00833. The number of carbonyl (C=O) groups excluding carboxylic acids is 1. The molecule has 7 nitrogen and oxygen atoms in total. The number of urea groups is 1. The zero-order valence-electron chi connectivity index (χ0n) is 14.3. The molecule has 0 radical (unpaired) electrons. The molecule has 2 amide bonds. The van der Waals surface area contributed by atoms with Gasteiger partial charge in [-0.25, -0.2) is 4.79 Å². The molecule has 1 fully saturated rings. The van der Waals surface area contributed by atoms with Crippen molar-refractivity contribution in [3.05, 3.63) is 30.3 Å². The lowest BCUT2D eigenvalue weighted by molar-refractivity contribution is 0.168. The van der Waals surface area contributed by atoms with Gasteiger partial charge in [0.1, 0.15) is 5.69 Å². The fourth-order valence-electron chi connectivity index (χ4n) is 2.92. The topological polar surface area (TPSA) is 84.2 Å². The van der Waals surface area contributed by atoms with E-state index in [0.29, 0.717) is 13.1 Å². The number of amides is 2.